The summed E-state index contributed by atoms with van der Waals surface area (Å²) in [5.74, 6) is 1.45. The van der Waals surface area contributed by atoms with Gasteiger partial charge >= 0.3 is 0 Å². The van der Waals surface area contributed by atoms with Crippen LogP contribution in [0.5, 0.6) is 0 Å². The fourth-order valence-corrected chi connectivity index (χ4v) is 2.55. The molecule has 0 radical (unpaired) electrons. The Morgan fingerprint density at radius 3 is 3.06 bits per heavy atom. The van der Waals surface area contributed by atoms with Crippen molar-refractivity contribution in [3.63, 3.8) is 0 Å². The Hall–Kier alpha value is -1.47. The lowest BCUT2D eigenvalue weighted by Crippen LogP contribution is -2.26. The number of aromatic nitrogens is 4. The van der Waals surface area contributed by atoms with Crippen molar-refractivity contribution >= 4 is 17.3 Å². The van der Waals surface area contributed by atoms with E-state index in [4.69, 9.17) is 5.73 Å². The molecule has 0 bridgehead atoms. The molecule has 1 atom stereocenters. The fraction of sp³-hybridized carbons (Fsp3) is 0.500. The molecule has 1 aliphatic rings. The number of aromatic amines is 1. The van der Waals surface area contributed by atoms with E-state index in [9.17, 15) is 0 Å². The molecule has 0 amide bonds. The van der Waals surface area contributed by atoms with Gasteiger partial charge in [-0.2, -0.15) is 4.98 Å². The van der Waals surface area contributed by atoms with E-state index in [-0.39, 0.29) is 6.04 Å². The Labute approximate surface area is 103 Å². The number of rotatable bonds is 2. The normalized spacial score (nSPS) is 20.1. The molecule has 90 valence electrons. The van der Waals surface area contributed by atoms with Gasteiger partial charge < -0.3 is 10.6 Å². The van der Waals surface area contributed by atoms with Crippen LogP contribution in [0.2, 0.25) is 0 Å². The number of hydrogen-bond acceptors (Lipinski definition) is 6. The maximum atomic E-state index is 5.87. The summed E-state index contributed by atoms with van der Waals surface area (Å²) in [5.41, 5.74) is 6.72. The summed E-state index contributed by atoms with van der Waals surface area (Å²) in [6.45, 7) is 3.73. The number of nitrogens with zero attached hydrogens (tertiary/aromatic N) is 4. The van der Waals surface area contributed by atoms with Crippen LogP contribution < -0.4 is 10.6 Å². The number of hydrogen-bond donors (Lipinski definition) is 2. The number of aryl methyl sites for hydroxylation is 1. The summed E-state index contributed by atoms with van der Waals surface area (Å²) in [7, 11) is 0. The van der Waals surface area contributed by atoms with Gasteiger partial charge in [-0.05, 0) is 13.3 Å². The van der Waals surface area contributed by atoms with E-state index in [0.717, 1.165) is 42.0 Å². The maximum Gasteiger partial charge on any atom is 0.245 e. The van der Waals surface area contributed by atoms with Crippen LogP contribution in [0.4, 0.5) is 5.95 Å². The highest BCUT2D eigenvalue weighted by atomic mass is 32.1. The molecule has 1 unspecified atom stereocenters. The summed E-state index contributed by atoms with van der Waals surface area (Å²) >= 11 is 1.61. The lowest BCUT2D eigenvalue weighted by atomic mass is 10.3. The van der Waals surface area contributed by atoms with Gasteiger partial charge in [0, 0.05) is 24.5 Å². The van der Waals surface area contributed by atoms with Gasteiger partial charge in [0.2, 0.25) is 5.95 Å². The zero-order valence-electron chi connectivity index (χ0n) is 9.55. The molecule has 3 heterocycles. The highest BCUT2D eigenvalue weighted by Gasteiger charge is 2.22. The first-order chi connectivity index (χ1) is 8.22. The number of H-pyrrole nitrogens is 1. The van der Waals surface area contributed by atoms with Crippen LogP contribution in [-0.2, 0) is 0 Å². The minimum atomic E-state index is 0.235. The highest BCUT2D eigenvalue weighted by Crippen LogP contribution is 2.21. The summed E-state index contributed by atoms with van der Waals surface area (Å²) in [6.07, 6.45) is 1.000. The van der Waals surface area contributed by atoms with Crippen molar-refractivity contribution in [1.29, 1.82) is 0 Å². The van der Waals surface area contributed by atoms with Gasteiger partial charge in [0.1, 0.15) is 5.69 Å². The first kappa shape index (κ1) is 10.7. The van der Waals surface area contributed by atoms with Crippen molar-refractivity contribution in [1.82, 2.24) is 20.2 Å². The van der Waals surface area contributed by atoms with Gasteiger partial charge in [0.15, 0.2) is 5.82 Å². The average Bonchev–Trinajstić information content (AvgIpc) is 2.96. The third kappa shape index (κ3) is 2.03. The number of nitrogens with one attached hydrogen (secondary N) is 1. The quantitative estimate of drug-likeness (QED) is 0.822. The van der Waals surface area contributed by atoms with Gasteiger partial charge in [0.25, 0.3) is 0 Å². The Morgan fingerprint density at radius 2 is 2.41 bits per heavy atom. The van der Waals surface area contributed by atoms with Crippen molar-refractivity contribution in [3.05, 3.63) is 10.4 Å². The zero-order chi connectivity index (χ0) is 11.8. The van der Waals surface area contributed by atoms with Crippen LogP contribution in [0.15, 0.2) is 5.38 Å². The predicted molar refractivity (Wildman–Crippen MR) is 67.0 cm³/mol. The molecule has 3 N–H and O–H groups in total. The summed E-state index contributed by atoms with van der Waals surface area (Å²) in [6, 6.07) is 0.235. The molecule has 2 aromatic heterocycles. The lowest BCUT2D eigenvalue weighted by molar-refractivity contribution is 0.750. The van der Waals surface area contributed by atoms with E-state index in [1.807, 2.05) is 12.3 Å². The summed E-state index contributed by atoms with van der Waals surface area (Å²) < 4.78 is 0. The number of nitrogens with two attached hydrogens (primary N) is 1. The van der Waals surface area contributed by atoms with Gasteiger partial charge in [-0.25, -0.2) is 4.98 Å². The standard InChI is InChI=1S/C10H14N6S/c1-6-12-8(5-17-6)9-13-10(15-14-9)16-3-2-7(11)4-16/h5,7H,2-4,11H2,1H3,(H,13,14,15). The number of anilines is 1. The largest absolute Gasteiger partial charge is 0.338 e. The molecule has 17 heavy (non-hydrogen) atoms. The minimum absolute atomic E-state index is 0.235. The van der Waals surface area contributed by atoms with Crippen molar-refractivity contribution in [2.75, 3.05) is 18.0 Å². The molecule has 2 aromatic rings. The van der Waals surface area contributed by atoms with Gasteiger partial charge in [0.05, 0.1) is 5.01 Å². The smallest absolute Gasteiger partial charge is 0.245 e. The monoisotopic (exact) mass is 250 g/mol. The Balaban J connectivity index is 1.83. The Morgan fingerprint density at radius 1 is 1.53 bits per heavy atom. The Kier molecular flexibility index (Phi) is 2.56. The summed E-state index contributed by atoms with van der Waals surface area (Å²) in [4.78, 5) is 10.9. The molecule has 1 saturated heterocycles. The van der Waals surface area contributed by atoms with Crippen LogP contribution in [0.1, 0.15) is 11.4 Å². The minimum Gasteiger partial charge on any atom is -0.338 e. The van der Waals surface area contributed by atoms with Crippen LogP contribution >= 0.6 is 11.3 Å². The van der Waals surface area contributed by atoms with Crippen LogP contribution in [0, 0.1) is 6.92 Å². The van der Waals surface area contributed by atoms with Gasteiger partial charge in [-0.3, -0.25) is 5.10 Å². The molecule has 7 heteroatoms. The molecule has 1 fully saturated rings. The van der Waals surface area contributed by atoms with E-state index < -0.39 is 0 Å². The lowest BCUT2D eigenvalue weighted by Gasteiger charge is -2.11. The van der Waals surface area contributed by atoms with Crippen LogP contribution in [0.25, 0.3) is 11.5 Å². The predicted octanol–water partition coefficient (Wildman–Crippen LogP) is 0.774. The molecular formula is C10H14N6S. The second-order valence-electron chi connectivity index (χ2n) is 4.23. The van der Waals surface area contributed by atoms with Gasteiger partial charge in [-0.1, -0.05) is 0 Å². The molecule has 0 aliphatic carbocycles. The van der Waals surface area contributed by atoms with Crippen LogP contribution in [0.3, 0.4) is 0 Å². The highest BCUT2D eigenvalue weighted by molar-refractivity contribution is 7.09. The maximum absolute atomic E-state index is 5.87. The fourth-order valence-electron chi connectivity index (χ4n) is 1.95. The van der Waals surface area contributed by atoms with Crippen LogP contribution in [-0.4, -0.2) is 39.3 Å². The van der Waals surface area contributed by atoms with E-state index >= 15 is 0 Å². The van der Waals surface area contributed by atoms with E-state index in [1.165, 1.54) is 0 Å². The molecular weight excluding hydrogens is 236 g/mol. The van der Waals surface area contributed by atoms with Crippen molar-refractivity contribution in [3.8, 4) is 11.5 Å². The second-order valence-corrected chi connectivity index (χ2v) is 5.29. The zero-order valence-corrected chi connectivity index (χ0v) is 10.4. The van der Waals surface area contributed by atoms with Gasteiger partial charge in [-0.15, -0.1) is 16.4 Å². The van der Waals surface area contributed by atoms with Crippen molar-refractivity contribution in [2.24, 2.45) is 5.73 Å². The second kappa shape index (κ2) is 4.08. The molecule has 0 aromatic carbocycles. The summed E-state index contributed by atoms with van der Waals surface area (Å²) in [5, 5.41) is 10.2. The molecule has 6 nitrogen and oxygen atoms in total. The van der Waals surface area contributed by atoms with Crippen molar-refractivity contribution < 1.29 is 0 Å². The third-order valence-electron chi connectivity index (χ3n) is 2.84. The first-order valence-electron chi connectivity index (χ1n) is 5.58. The first-order valence-corrected chi connectivity index (χ1v) is 6.46. The molecule has 0 saturated carbocycles. The third-order valence-corrected chi connectivity index (χ3v) is 3.62. The Bertz CT molecular complexity index is 518. The van der Waals surface area contributed by atoms with E-state index in [1.54, 1.807) is 11.3 Å². The topological polar surface area (TPSA) is 83.7 Å². The van der Waals surface area contributed by atoms with E-state index in [0.29, 0.717) is 0 Å². The SMILES string of the molecule is Cc1nc(-c2nc(N3CCC(N)C3)n[nH]2)cs1. The molecule has 3 rings (SSSR count). The average molecular weight is 250 g/mol. The molecule has 1 aliphatic heterocycles. The number of thiazole rings is 1. The van der Waals surface area contributed by atoms with E-state index in [2.05, 4.69) is 25.1 Å². The molecule has 0 spiro atoms. The van der Waals surface area contributed by atoms with Crippen molar-refractivity contribution in [2.45, 2.75) is 19.4 Å².